The van der Waals surface area contributed by atoms with Crippen LogP contribution in [0.3, 0.4) is 0 Å². The van der Waals surface area contributed by atoms with Gasteiger partial charge in [0.1, 0.15) is 11.6 Å². The van der Waals surface area contributed by atoms with Gasteiger partial charge in [-0.15, -0.1) is 6.42 Å². The zero-order valence-corrected chi connectivity index (χ0v) is 26.0. The molecule has 10 heteroatoms. The van der Waals surface area contributed by atoms with E-state index in [-0.39, 0.29) is 48.5 Å². The zero-order valence-electron chi connectivity index (χ0n) is 26.0. The SMILES string of the molecule is C#CC1=CC(C(N)=O)([C@H](Cc2cc(F)cc(F)c2)[C@@H](O)CNCc2cc(CC(C)C)no2)CC(C(=O)N(CCC)CCC)=C1. The Labute approximate surface area is 258 Å². The number of aliphatic hydroxyl groups is 1. The van der Waals surface area contributed by atoms with Gasteiger partial charge < -0.3 is 25.6 Å². The summed E-state index contributed by atoms with van der Waals surface area (Å²) in [6.07, 6.45) is 9.61. The van der Waals surface area contributed by atoms with Crippen LogP contribution in [0.25, 0.3) is 0 Å². The van der Waals surface area contributed by atoms with Crippen LogP contribution in [0.5, 0.6) is 0 Å². The van der Waals surface area contributed by atoms with Crippen LogP contribution in [-0.2, 0) is 29.0 Å². The summed E-state index contributed by atoms with van der Waals surface area (Å²) in [5, 5.41) is 18.8. The number of amides is 2. The quantitative estimate of drug-likeness (QED) is 0.241. The summed E-state index contributed by atoms with van der Waals surface area (Å²) in [7, 11) is 0. The number of carbonyl (C=O) groups is 2. The number of hydrogen-bond acceptors (Lipinski definition) is 6. The Bertz CT molecular complexity index is 1380. The third-order valence-electron chi connectivity index (χ3n) is 7.78. The van der Waals surface area contributed by atoms with Crippen molar-refractivity contribution in [3.63, 3.8) is 0 Å². The Hall–Kier alpha value is -3.81. The van der Waals surface area contributed by atoms with Gasteiger partial charge in [0.2, 0.25) is 11.8 Å². The maximum atomic E-state index is 14.2. The second kappa shape index (κ2) is 15.8. The third-order valence-corrected chi connectivity index (χ3v) is 7.78. The minimum Gasteiger partial charge on any atom is -0.391 e. The first-order valence-corrected chi connectivity index (χ1v) is 15.2. The predicted molar refractivity (Wildman–Crippen MR) is 165 cm³/mol. The number of nitrogens with two attached hydrogens (primary N) is 1. The average molecular weight is 611 g/mol. The van der Waals surface area contributed by atoms with Crippen molar-refractivity contribution >= 4 is 11.8 Å². The number of hydrogen-bond donors (Lipinski definition) is 3. The van der Waals surface area contributed by atoms with Crippen LogP contribution in [0.4, 0.5) is 8.78 Å². The highest BCUT2D eigenvalue weighted by molar-refractivity contribution is 5.97. The van der Waals surface area contributed by atoms with E-state index in [4.69, 9.17) is 16.7 Å². The lowest BCUT2D eigenvalue weighted by molar-refractivity contribution is -0.132. The number of nitrogens with one attached hydrogen (secondary N) is 1. The number of carbonyl (C=O) groups excluding carboxylic acids is 2. The van der Waals surface area contributed by atoms with Crippen LogP contribution in [0.1, 0.15) is 64.0 Å². The topological polar surface area (TPSA) is 122 Å². The molecule has 1 aliphatic rings. The maximum absolute atomic E-state index is 14.2. The van der Waals surface area contributed by atoms with E-state index in [1.165, 1.54) is 6.08 Å². The van der Waals surface area contributed by atoms with E-state index in [2.05, 4.69) is 30.2 Å². The van der Waals surface area contributed by atoms with Crippen molar-refractivity contribution in [3.05, 3.63) is 76.2 Å². The summed E-state index contributed by atoms with van der Waals surface area (Å²) in [4.78, 5) is 28.8. The molecular weight excluding hydrogens is 566 g/mol. The van der Waals surface area contributed by atoms with E-state index in [0.29, 0.717) is 24.8 Å². The Kier molecular flexibility index (Phi) is 12.4. The summed E-state index contributed by atoms with van der Waals surface area (Å²) in [5.74, 6) is -0.186. The van der Waals surface area contributed by atoms with Crippen molar-refractivity contribution in [2.24, 2.45) is 23.0 Å². The number of benzene rings is 1. The van der Waals surface area contributed by atoms with Crippen molar-refractivity contribution in [3.8, 4) is 12.3 Å². The van der Waals surface area contributed by atoms with Crippen molar-refractivity contribution < 1.29 is 28.0 Å². The van der Waals surface area contributed by atoms with Crippen LogP contribution in [-0.4, -0.2) is 52.7 Å². The monoisotopic (exact) mass is 610 g/mol. The molecule has 2 amide bonds. The number of rotatable bonds is 16. The maximum Gasteiger partial charge on any atom is 0.249 e. The van der Waals surface area contributed by atoms with E-state index < -0.39 is 35.0 Å². The zero-order chi connectivity index (χ0) is 32.4. The number of allylic oxidation sites excluding steroid dienone is 2. The van der Waals surface area contributed by atoms with Crippen LogP contribution < -0.4 is 11.1 Å². The molecule has 0 bridgehead atoms. The molecule has 0 radical (unpaired) electrons. The molecule has 1 heterocycles. The highest BCUT2D eigenvalue weighted by atomic mass is 19.1. The number of nitrogens with zero attached hydrogens (tertiary/aromatic N) is 2. The van der Waals surface area contributed by atoms with Gasteiger partial charge in [0, 0.05) is 48.8 Å². The third kappa shape index (κ3) is 8.87. The van der Waals surface area contributed by atoms with E-state index in [1.807, 2.05) is 19.9 Å². The van der Waals surface area contributed by atoms with Crippen molar-refractivity contribution in [2.75, 3.05) is 19.6 Å². The number of terminal acetylenes is 1. The fourth-order valence-corrected chi connectivity index (χ4v) is 5.86. The number of aromatic nitrogens is 1. The van der Waals surface area contributed by atoms with E-state index in [9.17, 15) is 23.5 Å². The van der Waals surface area contributed by atoms with E-state index >= 15 is 0 Å². The Morgan fingerprint density at radius 3 is 2.39 bits per heavy atom. The lowest BCUT2D eigenvalue weighted by Gasteiger charge is -2.41. The first-order valence-electron chi connectivity index (χ1n) is 15.2. The van der Waals surface area contributed by atoms with Gasteiger partial charge in [0.25, 0.3) is 0 Å². The van der Waals surface area contributed by atoms with Crippen molar-refractivity contribution in [1.29, 1.82) is 0 Å². The Morgan fingerprint density at radius 2 is 1.82 bits per heavy atom. The summed E-state index contributed by atoms with van der Waals surface area (Å²) in [6, 6.07) is 4.88. The van der Waals surface area contributed by atoms with Gasteiger partial charge in [-0.2, -0.15) is 0 Å². The summed E-state index contributed by atoms with van der Waals surface area (Å²) >= 11 is 0. The fourth-order valence-electron chi connectivity index (χ4n) is 5.86. The van der Waals surface area contributed by atoms with Gasteiger partial charge in [-0.25, -0.2) is 8.78 Å². The molecule has 44 heavy (non-hydrogen) atoms. The molecule has 0 saturated heterocycles. The van der Waals surface area contributed by atoms with Gasteiger partial charge in [0.05, 0.1) is 23.8 Å². The molecule has 1 aromatic heterocycles. The van der Waals surface area contributed by atoms with Crippen LogP contribution in [0, 0.1) is 41.2 Å². The van der Waals surface area contributed by atoms with Gasteiger partial charge in [-0.05, 0) is 61.8 Å². The molecule has 1 aliphatic carbocycles. The molecule has 8 nitrogen and oxygen atoms in total. The lowest BCUT2D eigenvalue weighted by Crippen LogP contribution is -2.51. The molecule has 3 atom stereocenters. The number of aliphatic hydroxyl groups excluding tert-OH is 1. The second-order valence-corrected chi connectivity index (χ2v) is 12.0. The Balaban J connectivity index is 1.98. The molecule has 2 aromatic rings. The molecule has 0 saturated carbocycles. The minimum atomic E-state index is -1.63. The van der Waals surface area contributed by atoms with Crippen LogP contribution >= 0.6 is 0 Å². The summed E-state index contributed by atoms with van der Waals surface area (Å²) < 4.78 is 33.9. The smallest absolute Gasteiger partial charge is 0.249 e. The normalized spacial score (nSPS) is 17.9. The summed E-state index contributed by atoms with van der Waals surface area (Å²) in [5.41, 5.74) is 6.04. The molecule has 3 rings (SSSR count). The van der Waals surface area contributed by atoms with Crippen LogP contribution in [0.15, 0.2) is 52.1 Å². The van der Waals surface area contributed by atoms with Crippen molar-refractivity contribution in [1.82, 2.24) is 15.4 Å². The minimum absolute atomic E-state index is 0.0261. The largest absolute Gasteiger partial charge is 0.391 e. The standard InChI is InChI=1S/C34H44F2N4O4/c1-6-9-40(10-7-2)32(42)25-12-23(8-3)18-34(19-25,33(37)43)30(15-24-13-26(35)16-27(36)14-24)31(41)21-38-20-29-17-28(39-44-29)11-22(4)5/h3,12-14,16-18,22,30-31,38,41H,6-7,9-11,15,19-21H2,1-2,4-5H3,(H2,37,43)/t30-,31+,34?/m1/s1. The van der Waals surface area contributed by atoms with E-state index in [1.54, 1.807) is 11.0 Å². The fraction of sp³-hybridized carbons (Fsp3) is 0.500. The van der Waals surface area contributed by atoms with Gasteiger partial charge in [-0.1, -0.05) is 44.8 Å². The molecule has 0 spiro atoms. The highest BCUT2D eigenvalue weighted by Crippen LogP contribution is 2.44. The molecule has 0 fully saturated rings. The molecule has 1 aromatic carbocycles. The van der Waals surface area contributed by atoms with E-state index in [0.717, 1.165) is 43.2 Å². The predicted octanol–water partition coefficient (Wildman–Crippen LogP) is 4.47. The first-order chi connectivity index (χ1) is 20.9. The lowest BCUT2D eigenvalue weighted by atomic mass is 9.63. The van der Waals surface area contributed by atoms with Gasteiger partial charge >= 0.3 is 0 Å². The molecule has 238 valence electrons. The highest BCUT2D eigenvalue weighted by Gasteiger charge is 2.49. The number of primary amides is 1. The number of halogens is 2. The van der Waals surface area contributed by atoms with Gasteiger partial charge in [0.15, 0.2) is 5.76 Å². The van der Waals surface area contributed by atoms with Gasteiger partial charge in [-0.3, -0.25) is 9.59 Å². The molecule has 0 aliphatic heterocycles. The second-order valence-electron chi connectivity index (χ2n) is 12.0. The average Bonchev–Trinajstić information content (AvgIpc) is 3.40. The molecule has 4 N–H and O–H groups in total. The van der Waals surface area contributed by atoms with Crippen LogP contribution in [0.2, 0.25) is 0 Å². The first kappa shape index (κ1) is 34.7. The summed E-state index contributed by atoms with van der Waals surface area (Å²) in [6.45, 7) is 9.33. The Morgan fingerprint density at radius 1 is 1.16 bits per heavy atom. The molecular formula is C34H44F2N4O4. The molecule has 1 unspecified atom stereocenters. The van der Waals surface area contributed by atoms with Crippen molar-refractivity contribution in [2.45, 2.75) is 72.4 Å².